The predicted molar refractivity (Wildman–Crippen MR) is 120 cm³/mol. The zero-order valence-electron chi connectivity index (χ0n) is 20.3. The van der Waals surface area contributed by atoms with E-state index in [2.05, 4.69) is 0 Å². The van der Waals surface area contributed by atoms with Gasteiger partial charge in [0.1, 0.15) is 11.4 Å². The molecule has 2 heterocycles. The van der Waals surface area contributed by atoms with Crippen LogP contribution in [0.2, 0.25) is 0 Å². The van der Waals surface area contributed by atoms with E-state index < -0.39 is 35.8 Å². The van der Waals surface area contributed by atoms with Crippen molar-refractivity contribution in [3.05, 3.63) is 29.6 Å². The van der Waals surface area contributed by atoms with E-state index >= 15 is 0 Å². The molecule has 2 aliphatic heterocycles. The van der Waals surface area contributed by atoms with Gasteiger partial charge in [0.05, 0.1) is 17.2 Å². The van der Waals surface area contributed by atoms with Crippen LogP contribution in [0.4, 0.5) is 9.18 Å². The van der Waals surface area contributed by atoms with Crippen molar-refractivity contribution >= 4 is 24.6 Å². The van der Waals surface area contributed by atoms with Crippen LogP contribution in [-0.4, -0.2) is 71.9 Å². The fraction of sp³-hybridized carbons (Fsp3) is 0.652. The van der Waals surface area contributed by atoms with Crippen LogP contribution in [0, 0.1) is 5.82 Å². The maximum absolute atomic E-state index is 14.4. The number of nitrogens with zero attached hydrogens (tertiary/aromatic N) is 2. The largest absolute Gasteiger partial charge is 0.494 e. The molecule has 0 aliphatic carbocycles. The minimum atomic E-state index is -0.758. The molecule has 0 bridgehead atoms. The molecule has 2 fully saturated rings. The highest BCUT2D eigenvalue weighted by atomic mass is 19.1. The van der Waals surface area contributed by atoms with Crippen LogP contribution in [0.5, 0.6) is 0 Å². The lowest BCUT2D eigenvalue weighted by molar-refractivity contribution is 0.00578. The zero-order chi connectivity index (χ0) is 24.1. The van der Waals surface area contributed by atoms with Crippen molar-refractivity contribution in [2.45, 2.75) is 77.7 Å². The quantitative estimate of drug-likeness (QED) is 0.665. The average Bonchev–Trinajstić information content (AvgIpc) is 3.21. The van der Waals surface area contributed by atoms with Gasteiger partial charge in [-0.2, -0.15) is 0 Å². The normalized spacial score (nSPS) is 22.2. The third-order valence-corrected chi connectivity index (χ3v) is 6.37. The van der Waals surface area contributed by atoms with Crippen molar-refractivity contribution in [2.24, 2.45) is 0 Å². The van der Waals surface area contributed by atoms with Crippen LogP contribution in [-0.2, 0) is 14.0 Å². The minimum Gasteiger partial charge on any atom is -0.444 e. The molecule has 2 saturated heterocycles. The highest BCUT2D eigenvalue weighted by Crippen LogP contribution is 2.36. The third-order valence-electron chi connectivity index (χ3n) is 6.37. The molecular formula is C23H34BFN2O5. The van der Waals surface area contributed by atoms with Gasteiger partial charge in [-0.3, -0.25) is 4.79 Å². The van der Waals surface area contributed by atoms with Gasteiger partial charge in [-0.05, 0) is 78.5 Å². The number of carbonyl (C=O) groups excluding carboxylic acids is 2. The van der Waals surface area contributed by atoms with E-state index in [-0.39, 0.29) is 17.5 Å². The fourth-order valence-electron chi connectivity index (χ4n) is 3.76. The van der Waals surface area contributed by atoms with Gasteiger partial charge < -0.3 is 23.8 Å². The minimum absolute atomic E-state index is 0.162. The van der Waals surface area contributed by atoms with E-state index in [1.165, 1.54) is 17.0 Å². The lowest BCUT2D eigenvalue weighted by Crippen LogP contribution is -2.42. The molecule has 0 aromatic heterocycles. The molecule has 0 spiro atoms. The number of hydrogen-bond acceptors (Lipinski definition) is 5. The second-order valence-corrected chi connectivity index (χ2v) is 10.6. The Hall–Kier alpha value is -2.13. The number of likely N-dealkylation sites (tertiary alicyclic amines) is 1. The Morgan fingerprint density at radius 1 is 1.16 bits per heavy atom. The average molecular weight is 448 g/mol. The summed E-state index contributed by atoms with van der Waals surface area (Å²) in [6.45, 7) is 13.9. The van der Waals surface area contributed by atoms with Gasteiger partial charge >= 0.3 is 13.2 Å². The van der Waals surface area contributed by atoms with Crippen molar-refractivity contribution in [1.82, 2.24) is 9.80 Å². The molecule has 2 amide bonds. The smallest absolute Gasteiger partial charge is 0.444 e. The van der Waals surface area contributed by atoms with E-state index in [1.54, 1.807) is 18.0 Å². The molecular weight excluding hydrogens is 414 g/mol. The molecule has 1 unspecified atom stereocenters. The van der Waals surface area contributed by atoms with Gasteiger partial charge in [0.15, 0.2) is 0 Å². The van der Waals surface area contributed by atoms with Gasteiger partial charge in [-0.1, -0.05) is 0 Å². The number of hydrogen-bond donors (Lipinski definition) is 0. The standard InChI is InChI=1S/C23H34BFN2O5/c1-21(2,3)30-20(29)26(8)18-9-10-27(14-18)19(28)15-11-16(13-17(25)12-15)24-31-22(4,5)23(6,7)32-24/h11-13,18H,9-10,14H2,1-8H3. The molecule has 7 nitrogen and oxygen atoms in total. The molecule has 176 valence electrons. The monoisotopic (exact) mass is 448 g/mol. The summed E-state index contributed by atoms with van der Waals surface area (Å²) < 4.78 is 31.9. The van der Waals surface area contributed by atoms with E-state index in [1.807, 2.05) is 48.5 Å². The summed E-state index contributed by atoms with van der Waals surface area (Å²) >= 11 is 0. The maximum Gasteiger partial charge on any atom is 0.494 e. The molecule has 32 heavy (non-hydrogen) atoms. The summed E-state index contributed by atoms with van der Waals surface area (Å²) in [4.78, 5) is 28.6. The Labute approximate surface area is 190 Å². The maximum atomic E-state index is 14.4. The molecule has 9 heteroatoms. The number of benzene rings is 1. The van der Waals surface area contributed by atoms with Crippen LogP contribution in [0.25, 0.3) is 0 Å². The first-order chi connectivity index (χ1) is 14.6. The number of carbonyl (C=O) groups is 2. The van der Waals surface area contributed by atoms with Gasteiger partial charge in [-0.25, -0.2) is 9.18 Å². The number of halogens is 1. The van der Waals surface area contributed by atoms with Gasteiger partial charge in [0, 0.05) is 25.7 Å². The lowest BCUT2D eigenvalue weighted by Gasteiger charge is -2.32. The lowest BCUT2D eigenvalue weighted by atomic mass is 9.78. The first kappa shape index (κ1) is 24.5. The summed E-state index contributed by atoms with van der Waals surface area (Å²) in [6.07, 6.45) is 0.201. The predicted octanol–water partition coefficient (Wildman–Crippen LogP) is 3.21. The molecule has 0 saturated carbocycles. The van der Waals surface area contributed by atoms with Crippen molar-refractivity contribution in [3.8, 4) is 0 Å². The number of rotatable bonds is 3. The number of amides is 2. The fourth-order valence-corrected chi connectivity index (χ4v) is 3.76. The molecule has 1 aromatic rings. The van der Waals surface area contributed by atoms with Crippen molar-refractivity contribution in [1.29, 1.82) is 0 Å². The molecule has 2 aliphatic rings. The first-order valence-electron chi connectivity index (χ1n) is 11.0. The van der Waals surface area contributed by atoms with Crippen molar-refractivity contribution < 1.29 is 28.0 Å². The Morgan fingerprint density at radius 3 is 2.31 bits per heavy atom. The zero-order valence-corrected chi connectivity index (χ0v) is 20.3. The van der Waals surface area contributed by atoms with Crippen LogP contribution in [0.15, 0.2) is 18.2 Å². The van der Waals surface area contributed by atoms with Crippen molar-refractivity contribution in [2.75, 3.05) is 20.1 Å². The summed E-state index contributed by atoms with van der Waals surface area (Å²) in [7, 11) is 0.914. The van der Waals surface area contributed by atoms with Gasteiger partial charge in [-0.15, -0.1) is 0 Å². The molecule has 1 aromatic carbocycles. The first-order valence-corrected chi connectivity index (χ1v) is 11.0. The summed E-state index contributed by atoms with van der Waals surface area (Å²) in [5.74, 6) is -0.815. The Balaban J connectivity index is 1.72. The van der Waals surface area contributed by atoms with Crippen LogP contribution in [0.1, 0.15) is 65.2 Å². The molecule has 0 radical (unpaired) electrons. The van der Waals surface area contributed by atoms with Crippen LogP contribution < -0.4 is 5.46 Å². The second kappa shape index (κ2) is 8.34. The SMILES string of the molecule is CN(C(=O)OC(C)(C)C)C1CCN(C(=O)c2cc(F)cc(B3OC(C)(C)C(C)(C)O3)c2)C1. The molecule has 0 N–H and O–H groups in total. The molecule has 1 atom stereocenters. The van der Waals surface area contributed by atoms with Crippen LogP contribution in [0.3, 0.4) is 0 Å². The van der Waals surface area contributed by atoms with Gasteiger partial charge in [0.25, 0.3) is 5.91 Å². The van der Waals surface area contributed by atoms with E-state index in [0.29, 0.717) is 25.0 Å². The highest BCUT2D eigenvalue weighted by Gasteiger charge is 2.52. The third kappa shape index (κ3) is 5.09. The topological polar surface area (TPSA) is 68.3 Å². The van der Waals surface area contributed by atoms with E-state index in [9.17, 15) is 14.0 Å². The van der Waals surface area contributed by atoms with Crippen LogP contribution >= 0.6 is 0 Å². The highest BCUT2D eigenvalue weighted by molar-refractivity contribution is 6.62. The van der Waals surface area contributed by atoms with Crippen molar-refractivity contribution in [3.63, 3.8) is 0 Å². The Bertz CT molecular complexity index is 883. The summed E-state index contributed by atoms with van der Waals surface area (Å²) in [5.41, 5.74) is -1.03. The number of likely N-dealkylation sites (N-methyl/N-ethyl adjacent to an activating group) is 1. The molecule has 3 rings (SSSR count). The summed E-state index contributed by atoms with van der Waals surface area (Å²) in [6, 6.07) is 4.02. The summed E-state index contributed by atoms with van der Waals surface area (Å²) in [5, 5.41) is 0. The van der Waals surface area contributed by atoms with Gasteiger partial charge in [0.2, 0.25) is 0 Å². The Morgan fingerprint density at radius 2 is 1.75 bits per heavy atom. The number of ether oxygens (including phenoxy) is 1. The van der Waals surface area contributed by atoms with E-state index in [0.717, 1.165) is 0 Å². The van der Waals surface area contributed by atoms with E-state index in [4.69, 9.17) is 14.0 Å². The Kier molecular flexibility index (Phi) is 6.39. The second-order valence-electron chi connectivity index (χ2n) is 10.6.